The van der Waals surface area contributed by atoms with E-state index in [2.05, 4.69) is 25.3 Å². The van der Waals surface area contributed by atoms with Gasteiger partial charge in [-0.25, -0.2) is 15.0 Å². The number of nitrogens with one attached hydrogen (secondary N) is 1. The lowest BCUT2D eigenvalue weighted by molar-refractivity contribution is -0.141. The Morgan fingerprint density at radius 2 is 2.00 bits per heavy atom. The molecule has 1 N–H and O–H groups in total. The first-order valence-corrected chi connectivity index (χ1v) is 7.63. The van der Waals surface area contributed by atoms with Crippen molar-refractivity contribution >= 4 is 11.8 Å². The molecule has 136 valence electrons. The normalized spacial score (nSPS) is 11.4. The Kier molecular flexibility index (Phi) is 4.74. The molecule has 3 aromatic heterocycles. The maximum Gasteiger partial charge on any atom is 0.433 e. The maximum absolute atomic E-state index is 13.0. The highest BCUT2D eigenvalue weighted by molar-refractivity contribution is 5.44. The first kappa shape index (κ1) is 17.6. The SMILES string of the molecule is CN(C)c1cc(C(F)(F)F)nc(NCc2ccc(-n3ccnc3)nc2)n1. The van der Waals surface area contributed by atoms with Crippen molar-refractivity contribution in [3.8, 4) is 5.82 Å². The molecule has 0 saturated carbocycles. The zero-order valence-electron chi connectivity index (χ0n) is 14.1. The lowest BCUT2D eigenvalue weighted by atomic mass is 10.3. The molecule has 26 heavy (non-hydrogen) atoms. The van der Waals surface area contributed by atoms with E-state index in [9.17, 15) is 13.2 Å². The number of hydrogen-bond donors (Lipinski definition) is 1. The lowest BCUT2D eigenvalue weighted by Crippen LogP contribution is -2.17. The molecule has 0 aliphatic carbocycles. The monoisotopic (exact) mass is 363 g/mol. The molecular weight excluding hydrogens is 347 g/mol. The van der Waals surface area contributed by atoms with E-state index in [0.717, 1.165) is 11.6 Å². The molecule has 0 bridgehead atoms. The Bertz CT molecular complexity index is 859. The van der Waals surface area contributed by atoms with Crippen molar-refractivity contribution in [3.63, 3.8) is 0 Å². The van der Waals surface area contributed by atoms with E-state index in [1.54, 1.807) is 49.6 Å². The third-order valence-electron chi connectivity index (χ3n) is 3.49. The van der Waals surface area contributed by atoms with Crippen molar-refractivity contribution in [2.45, 2.75) is 12.7 Å². The second kappa shape index (κ2) is 6.98. The number of nitrogens with zero attached hydrogens (tertiary/aromatic N) is 6. The quantitative estimate of drug-likeness (QED) is 0.752. The molecule has 0 aliphatic heterocycles. The van der Waals surface area contributed by atoms with Gasteiger partial charge in [0.05, 0.1) is 0 Å². The van der Waals surface area contributed by atoms with Crippen LogP contribution in [0.1, 0.15) is 11.3 Å². The van der Waals surface area contributed by atoms with E-state index < -0.39 is 11.9 Å². The predicted octanol–water partition coefficient (Wildman–Crippen LogP) is 2.75. The summed E-state index contributed by atoms with van der Waals surface area (Å²) < 4.78 is 40.7. The number of hydrogen-bond acceptors (Lipinski definition) is 6. The molecule has 10 heteroatoms. The highest BCUT2D eigenvalue weighted by atomic mass is 19.4. The molecule has 0 radical (unpaired) electrons. The number of halogens is 3. The minimum atomic E-state index is -4.54. The summed E-state index contributed by atoms with van der Waals surface area (Å²) in [5.41, 5.74) is -0.214. The maximum atomic E-state index is 13.0. The van der Waals surface area contributed by atoms with Crippen LogP contribution in [0.5, 0.6) is 0 Å². The average Bonchev–Trinajstić information content (AvgIpc) is 3.14. The standard InChI is InChI=1S/C16H16F3N7/c1-25(2)14-7-12(16(17,18)19)23-15(24-14)22-9-11-3-4-13(21-8-11)26-6-5-20-10-26/h3-8,10H,9H2,1-2H3,(H,22,23,24). The van der Waals surface area contributed by atoms with Gasteiger partial charge in [0.2, 0.25) is 5.95 Å². The van der Waals surface area contributed by atoms with Crippen molar-refractivity contribution in [1.82, 2.24) is 24.5 Å². The van der Waals surface area contributed by atoms with Gasteiger partial charge in [0, 0.05) is 45.3 Å². The molecule has 3 rings (SSSR count). The van der Waals surface area contributed by atoms with Crippen molar-refractivity contribution in [3.05, 3.63) is 54.4 Å². The highest BCUT2D eigenvalue weighted by Gasteiger charge is 2.34. The third-order valence-corrected chi connectivity index (χ3v) is 3.49. The van der Waals surface area contributed by atoms with Gasteiger partial charge in [-0.3, -0.25) is 4.57 Å². The van der Waals surface area contributed by atoms with E-state index in [1.807, 2.05) is 6.07 Å². The Hall–Kier alpha value is -3.17. The van der Waals surface area contributed by atoms with Gasteiger partial charge in [-0.1, -0.05) is 6.07 Å². The number of rotatable bonds is 5. The van der Waals surface area contributed by atoms with Crippen LogP contribution in [0.4, 0.5) is 24.9 Å². The van der Waals surface area contributed by atoms with Crippen LogP contribution >= 0.6 is 0 Å². The summed E-state index contributed by atoms with van der Waals surface area (Å²) in [7, 11) is 3.23. The summed E-state index contributed by atoms with van der Waals surface area (Å²) in [6, 6.07) is 4.51. The molecule has 0 aromatic carbocycles. The Labute approximate surface area is 147 Å². The Balaban J connectivity index is 1.75. The van der Waals surface area contributed by atoms with Gasteiger partial charge >= 0.3 is 6.18 Å². The molecule has 0 fully saturated rings. The minimum Gasteiger partial charge on any atom is -0.363 e. The Morgan fingerprint density at radius 1 is 1.19 bits per heavy atom. The summed E-state index contributed by atoms with van der Waals surface area (Å²) in [6.07, 6.45) is 2.12. The molecule has 3 heterocycles. The van der Waals surface area contributed by atoms with Crippen LogP contribution in [0.3, 0.4) is 0 Å². The van der Waals surface area contributed by atoms with Crippen LogP contribution in [0.25, 0.3) is 5.82 Å². The molecule has 0 saturated heterocycles. The van der Waals surface area contributed by atoms with E-state index in [-0.39, 0.29) is 18.3 Å². The highest BCUT2D eigenvalue weighted by Crippen LogP contribution is 2.30. The molecule has 7 nitrogen and oxygen atoms in total. The van der Waals surface area contributed by atoms with E-state index in [0.29, 0.717) is 5.82 Å². The average molecular weight is 363 g/mol. The summed E-state index contributed by atoms with van der Waals surface area (Å²) in [5.74, 6) is 0.766. The second-order valence-electron chi connectivity index (χ2n) is 5.68. The first-order chi connectivity index (χ1) is 12.3. The smallest absolute Gasteiger partial charge is 0.363 e. The summed E-state index contributed by atoms with van der Waals surface area (Å²) in [5, 5.41) is 2.81. The van der Waals surface area contributed by atoms with E-state index >= 15 is 0 Å². The van der Waals surface area contributed by atoms with Gasteiger partial charge < -0.3 is 10.2 Å². The first-order valence-electron chi connectivity index (χ1n) is 7.63. The molecule has 0 spiro atoms. The van der Waals surface area contributed by atoms with Crippen LogP contribution in [0.2, 0.25) is 0 Å². The van der Waals surface area contributed by atoms with Crippen molar-refractivity contribution in [2.75, 3.05) is 24.3 Å². The molecular formula is C16H16F3N7. The molecule has 0 atom stereocenters. The zero-order valence-corrected chi connectivity index (χ0v) is 14.1. The molecule has 0 amide bonds. The number of aromatic nitrogens is 5. The topological polar surface area (TPSA) is 71.8 Å². The van der Waals surface area contributed by atoms with Crippen LogP contribution in [0, 0.1) is 0 Å². The fourth-order valence-electron chi connectivity index (χ4n) is 2.14. The van der Waals surface area contributed by atoms with Gasteiger partial charge in [0.15, 0.2) is 5.69 Å². The van der Waals surface area contributed by atoms with Gasteiger partial charge in [-0.2, -0.15) is 18.2 Å². The van der Waals surface area contributed by atoms with E-state index in [1.165, 1.54) is 4.90 Å². The van der Waals surface area contributed by atoms with E-state index in [4.69, 9.17) is 0 Å². The van der Waals surface area contributed by atoms with Crippen molar-refractivity contribution in [2.24, 2.45) is 0 Å². The molecule has 3 aromatic rings. The van der Waals surface area contributed by atoms with Crippen LogP contribution in [0.15, 0.2) is 43.1 Å². The Morgan fingerprint density at radius 3 is 2.58 bits per heavy atom. The molecule has 0 unspecified atom stereocenters. The van der Waals surface area contributed by atoms with Gasteiger partial charge in [0.1, 0.15) is 18.0 Å². The van der Waals surface area contributed by atoms with Crippen molar-refractivity contribution in [1.29, 1.82) is 0 Å². The van der Waals surface area contributed by atoms with Crippen LogP contribution < -0.4 is 10.2 Å². The third kappa shape index (κ3) is 4.08. The zero-order chi connectivity index (χ0) is 18.7. The predicted molar refractivity (Wildman–Crippen MR) is 90.0 cm³/mol. The fourth-order valence-corrected chi connectivity index (χ4v) is 2.14. The lowest BCUT2D eigenvalue weighted by Gasteiger charge is -2.16. The second-order valence-corrected chi connectivity index (χ2v) is 5.68. The van der Waals surface area contributed by atoms with Gasteiger partial charge in [-0.15, -0.1) is 0 Å². The number of imidazole rings is 1. The van der Waals surface area contributed by atoms with Crippen molar-refractivity contribution < 1.29 is 13.2 Å². The van der Waals surface area contributed by atoms with Crippen LogP contribution in [-0.2, 0) is 12.7 Å². The number of pyridine rings is 1. The summed E-state index contributed by atoms with van der Waals surface area (Å²) >= 11 is 0. The fraction of sp³-hybridized carbons (Fsp3) is 0.250. The van der Waals surface area contributed by atoms with Gasteiger partial charge in [-0.05, 0) is 11.6 Å². The largest absolute Gasteiger partial charge is 0.433 e. The number of anilines is 2. The van der Waals surface area contributed by atoms with Gasteiger partial charge in [0.25, 0.3) is 0 Å². The summed E-state index contributed by atoms with van der Waals surface area (Å²) in [4.78, 5) is 17.4. The molecule has 0 aliphatic rings. The van der Waals surface area contributed by atoms with Crippen LogP contribution in [-0.4, -0.2) is 38.6 Å². The minimum absolute atomic E-state index is 0.0952. The summed E-state index contributed by atoms with van der Waals surface area (Å²) in [6.45, 7) is 0.241. The number of alkyl halides is 3.